The molecule has 0 N–H and O–H groups in total. The molecule has 0 heterocycles. The lowest BCUT2D eigenvalue weighted by Crippen LogP contribution is -2.10. The quantitative estimate of drug-likeness (QED) is 0.108. The Balaban J connectivity index is 1.05. The highest BCUT2D eigenvalue weighted by Crippen LogP contribution is 2.41. The lowest BCUT2D eigenvalue weighted by molar-refractivity contribution is 1.14. The molecule has 0 aromatic heterocycles. The molecule has 10 aromatic carbocycles. The average Bonchev–Trinajstić information content (AvgIpc) is 3.42. The molecule has 0 saturated carbocycles. The maximum absolute atomic E-state index is 2.35. The van der Waals surface area contributed by atoms with Crippen LogP contribution in [-0.2, 0) is 12.8 Å². The molecule has 0 fully saturated rings. The highest BCUT2D eigenvalue weighted by Gasteiger charge is 2.18. The van der Waals surface area contributed by atoms with Crippen LogP contribution in [0.2, 0.25) is 0 Å². The molecule has 3 nitrogen and oxygen atoms in total. The summed E-state index contributed by atoms with van der Waals surface area (Å²) in [5, 5.41) is 0. The van der Waals surface area contributed by atoms with Gasteiger partial charge < -0.3 is 14.7 Å². The predicted molar refractivity (Wildman–Crippen MR) is 305 cm³/mol. The molecule has 0 spiro atoms. The molecule has 0 saturated heterocycles. The molecule has 0 unspecified atom stereocenters. The topological polar surface area (TPSA) is 9.72 Å². The Bertz CT molecular complexity index is 3130. The zero-order chi connectivity index (χ0) is 48.8. The Hall–Kier alpha value is -8.40. The zero-order valence-corrected chi connectivity index (χ0v) is 41.8. The van der Waals surface area contributed by atoms with Gasteiger partial charge in [-0.05, 0) is 212 Å². The second-order valence-corrected chi connectivity index (χ2v) is 18.8. The summed E-state index contributed by atoms with van der Waals surface area (Å²) in [6.45, 7) is 13.0. The number of aryl methyl sites for hydroxylation is 6. The van der Waals surface area contributed by atoms with Crippen molar-refractivity contribution in [2.75, 3.05) is 14.7 Å². The molecule has 0 aliphatic carbocycles. The largest absolute Gasteiger partial charge is 0.311 e. The maximum atomic E-state index is 2.35. The van der Waals surface area contributed by atoms with Crippen LogP contribution in [0.4, 0.5) is 51.2 Å². The van der Waals surface area contributed by atoms with Crippen LogP contribution < -0.4 is 14.7 Å². The average molecular weight is 920 g/mol. The van der Waals surface area contributed by atoms with Crippen molar-refractivity contribution in [3.63, 3.8) is 0 Å². The van der Waals surface area contributed by atoms with Gasteiger partial charge >= 0.3 is 0 Å². The number of hydrogen-bond donors (Lipinski definition) is 0. The van der Waals surface area contributed by atoms with Crippen LogP contribution in [0.15, 0.2) is 237 Å². The van der Waals surface area contributed by atoms with Crippen LogP contribution in [0.1, 0.15) is 47.2 Å². The lowest BCUT2D eigenvalue weighted by Gasteiger charge is -2.26. The van der Waals surface area contributed by atoms with E-state index in [1.807, 2.05) is 0 Å². The monoisotopic (exact) mass is 919 g/mol. The first kappa shape index (κ1) is 46.3. The molecule has 0 bridgehead atoms. The summed E-state index contributed by atoms with van der Waals surface area (Å²) < 4.78 is 0. The Kier molecular flexibility index (Phi) is 13.5. The van der Waals surface area contributed by atoms with Crippen molar-refractivity contribution in [2.45, 2.75) is 54.4 Å². The van der Waals surface area contributed by atoms with Gasteiger partial charge in [0.1, 0.15) is 0 Å². The van der Waals surface area contributed by atoms with Crippen LogP contribution in [0.25, 0.3) is 33.4 Å². The minimum absolute atomic E-state index is 1.01. The molecule has 0 aliphatic rings. The zero-order valence-electron chi connectivity index (χ0n) is 41.8. The van der Waals surface area contributed by atoms with E-state index in [9.17, 15) is 0 Å². The second kappa shape index (κ2) is 20.7. The molecular weight excluding hydrogens is 859 g/mol. The summed E-state index contributed by atoms with van der Waals surface area (Å²) >= 11 is 0. The third-order valence-corrected chi connectivity index (χ3v) is 13.7. The molecule has 0 aliphatic heterocycles. The summed E-state index contributed by atoms with van der Waals surface area (Å²) in [5.74, 6) is 0. The van der Waals surface area contributed by atoms with Crippen molar-refractivity contribution in [3.8, 4) is 33.4 Å². The molecule has 0 amide bonds. The number of rotatable bonds is 14. The first-order valence-electron chi connectivity index (χ1n) is 25.0. The normalized spacial score (nSPS) is 11.1. The Morgan fingerprint density at radius 2 is 0.380 bits per heavy atom. The van der Waals surface area contributed by atoms with Gasteiger partial charge in [0.05, 0.1) is 0 Å². The Labute approximate surface area is 421 Å². The smallest absolute Gasteiger partial charge is 0.0462 e. The highest BCUT2D eigenvalue weighted by molar-refractivity contribution is 5.86. The SMILES string of the molecule is CCc1ccc(N(c2ccc(C)cc2)c2ccc(-c3cc(-c4ccc(N(c5ccc(C)cc5)c5ccc(C)cc5)cc4)cc(-c4ccc(N(c5ccc(C)cc5)c5ccc(CC)cc5)cc4)c3)cc2)cc1. The maximum Gasteiger partial charge on any atom is 0.0462 e. The van der Waals surface area contributed by atoms with Crippen LogP contribution in [0.5, 0.6) is 0 Å². The van der Waals surface area contributed by atoms with Gasteiger partial charge in [-0.15, -0.1) is 0 Å². The van der Waals surface area contributed by atoms with E-state index in [4.69, 9.17) is 0 Å². The summed E-state index contributed by atoms with van der Waals surface area (Å²) in [5.41, 5.74) is 24.7. The molecule has 0 radical (unpaired) electrons. The number of hydrogen-bond acceptors (Lipinski definition) is 3. The van der Waals surface area contributed by atoms with Crippen LogP contribution in [-0.4, -0.2) is 0 Å². The first-order chi connectivity index (χ1) is 34.7. The molecule has 0 atom stereocenters. The molecule has 10 rings (SSSR count). The predicted octanol–water partition coefficient (Wildman–Crippen LogP) is 19.5. The van der Waals surface area contributed by atoms with Crippen molar-refractivity contribution < 1.29 is 0 Å². The minimum atomic E-state index is 1.01. The third kappa shape index (κ3) is 10.3. The molecule has 348 valence electrons. The first-order valence-corrected chi connectivity index (χ1v) is 25.0. The van der Waals surface area contributed by atoms with Gasteiger partial charge in [-0.25, -0.2) is 0 Å². The standard InChI is InChI=1S/C68H61N3/c1-7-52-17-35-64(36-18-52)70(62-31-13-50(5)14-32-62)67-41-23-55(24-42-67)58-45-57(54-21-39-66(40-22-54)69(60-27-9-48(3)10-28-60)61-29-11-49(4)12-30-61)46-59(47-58)56-25-43-68(44-26-56)71(63-33-15-51(6)16-34-63)65-37-19-53(8-2)20-38-65/h9-47H,7-8H2,1-6H3. The van der Waals surface area contributed by atoms with E-state index < -0.39 is 0 Å². The van der Waals surface area contributed by atoms with Gasteiger partial charge in [-0.2, -0.15) is 0 Å². The van der Waals surface area contributed by atoms with Gasteiger partial charge in [-0.1, -0.05) is 145 Å². The van der Waals surface area contributed by atoms with Gasteiger partial charge in [-0.3, -0.25) is 0 Å². The van der Waals surface area contributed by atoms with E-state index >= 15 is 0 Å². The number of nitrogens with zero attached hydrogens (tertiary/aromatic N) is 3. The van der Waals surface area contributed by atoms with Crippen LogP contribution in [0, 0.1) is 27.7 Å². The summed E-state index contributed by atoms with van der Waals surface area (Å²) in [6.07, 6.45) is 2.01. The van der Waals surface area contributed by atoms with Gasteiger partial charge in [0, 0.05) is 51.2 Å². The number of benzene rings is 10. The molecule has 10 aromatic rings. The van der Waals surface area contributed by atoms with Crippen LogP contribution >= 0.6 is 0 Å². The fourth-order valence-electron chi connectivity index (χ4n) is 9.41. The second-order valence-electron chi connectivity index (χ2n) is 18.8. The van der Waals surface area contributed by atoms with E-state index in [0.29, 0.717) is 0 Å². The van der Waals surface area contributed by atoms with Crippen molar-refractivity contribution >= 4 is 51.2 Å². The highest BCUT2D eigenvalue weighted by atomic mass is 15.2. The van der Waals surface area contributed by atoms with E-state index in [0.717, 1.165) is 97.4 Å². The molecular formula is C68H61N3. The minimum Gasteiger partial charge on any atom is -0.311 e. The Morgan fingerprint density at radius 3 is 0.563 bits per heavy atom. The molecule has 3 heteroatoms. The fraction of sp³-hybridized carbons (Fsp3) is 0.118. The van der Waals surface area contributed by atoms with Gasteiger partial charge in [0.2, 0.25) is 0 Å². The summed E-state index contributed by atoms with van der Waals surface area (Å²) in [4.78, 5) is 7.04. The van der Waals surface area contributed by atoms with Crippen LogP contribution in [0.3, 0.4) is 0 Å². The third-order valence-electron chi connectivity index (χ3n) is 13.7. The van der Waals surface area contributed by atoms with E-state index in [1.54, 1.807) is 0 Å². The van der Waals surface area contributed by atoms with Gasteiger partial charge in [0.15, 0.2) is 0 Å². The number of anilines is 9. The van der Waals surface area contributed by atoms with Crippen molar-refractivity contribution in [1.29, 1.82) is 0 Å². The Morgan fingerprint density at radius 1 is 0.211 bits per heavy atom. The molecule has 71 heavy (non-hydrogen) atoms. The fourth-order valence-corrected chi connectivity index (χ4v) is 9.41. The summed E-state index contributed by atoms with van der Waals surface area (Å²) in [7, 11) is 0. The van der Waals surface area contributed by atoms with Crippen molar-refractivity contribution in [3.05, 3.63) is 270 Å². The van der Waals surface area contributed by atoms with Gasteiger partial charge in [0.25, 0.3) is 0 Å². The summed E-state index contributed by atoms with van der Waals surface area (Å²) in [6, 6.07) is 87.3. The van der Waals surface area contributed by atoms with Crippen molar-refractivity contribution in [1.82, 2.24) is 0 Å². The van der Waals surface area contributed by atoms with E-state index in [1.165, 1.54) is 33.4 Å². The van der Waals surface area contributed by atoms with Crippen molar-refractivity contribution in [2.24, 2.45) is 0 Å². The van der Waals surface area contributed by atoms with E-state index in [-0.39, 0.29) is 0 Å². The van der Waals surface area contributed by atoms with E-state index in [2.05, 4.69) is 293 Å². The lowest BCUT2D eigenvalue weighted by atomic mass is 9.93.